The van der Waals surface area contributed by atoms with E-state index in [2.05, 4.69) is 216 Å². The van der Waals surface area contributed by atoms with Gasteiger partial charge in [-0.15, -0.1) is 47.3 Å². The molecular formula is C57H57IrN3SSi-2. The van der Waals surface area contributed by atoms with Crippen LogP contribution in [0.1, 0.15) is 70.1 Å². The molecule has 1 radical (unpaired) electrons. The number of aromatic nitrogens is 3. The van der Waals surface area contributed by atoms with Crippen molar-refractivity contribution in [3.8, 4) is 50.6 Å². The first kappa shape index (κ1) is 45.8. The third-order valence-electron chi connectivity index (χ3n) is 11.6. The molecule has 0 fully saturated rings. The molecule has 0 saturated heterocycles. The summed E-state index contributed by atoms with van der Waals surface area (Å²) in [5.74, 6) is 2.27. The van der Waals surface area contributed by atoms with Gasteiger partial charge in [0.05, 0.1) is 24.9 Å². The molecule has 6 aromatic carbocycles. The van der Waals surface area contributed by atoms with Crippen LogP contribution in [0.25, 0.3) is 71.7 Å². The summed E-state index contributed by atoms with van der Waals surface area (Å²) in [6.45, 7) is 20.9. The molecule has 9 rings (SSSR count). The van der Waals surface area contributed by atoms with Crippen LogP contribution in [0.2, 0.25) is 19.6 Å². The van der Waals surface area contributed by atoms with Crippen molar-refractivity contribution < 1.29 is 20.1 Å². The molecule has 0 amide bonds. The molecule has 6 heteroatoms. The molecule has 0 unspecified atom stereocenters. The minimum absolute atomic E-state index is 0. The van der Waals surface area contributed by atoms with E-state index in [1.807, 2.05) is 18.2 Å². The summed E-state index contributed by atoms with van der Waals surface area (Å²) in [4.78, 5) is 9.97. The van der Waals surface area contributed by atoms with Crippen molar-refractivity contribution in [2.75, 3.05) is 0 Å². The van der Waals surface area contributed by atoms with Crippen LogP contribution in [0.3, 0.4) is 0 Å². The van der Waals surface area contributed by atoms with Gasteiger partial charge in [-0.25, -0.2) is 0 Å². The zero-order valence-electron chi connectivity index (χ0n) is 38.0. The Labute approximate surface area is 393 Å². The van der Waals surface area contributed by atoms with Crippen molar-refractivity contribution in [1.82, 2.24) is 14.5 Å². The third-order valence-corrected chi connectivity index (χ3v) is 14.5. The van der Waals surface area contributed by atoms with E-state index in [1.54, 1.807) is 11.3 Å². The van der Waals surface area contributed by atoms with Gasteiger partial charge in [0.1, 0.15) is 0 Å². The average molecular weight is 1040 g/mol. The molecule has 0 saturated carbocycles. The van der Waals surface area contributed by atoms with Gasteiger partial charge in [0.15, 0.2) is 0 Å². The fourth-order valence-corrected chi connectivity index (χ4v) is 10.9. The van der Waals surface area contributed by atoms with E-state index in [-0.39, 0.29) is 20.1 Å². The number of benzene rings is 6. The van der Waals surface area contributed by atoms with E-state index in [4.69, 9.17) is 4.98 Å². The molecule has 321 valence electrons. The number of hydrogen-bond acceptors (Lipinski definition) is 3. The summed E-state index contributed by atoms with van der Waals surface area (Å²) in [5, 5.41) is 6.35. The maximum absolute atomic E-state index is 5.28. The first-order valence-corrected chi connectivity index (χ1v) is 26.4. The SMILES string of the molecule is CC(C)Cc1cc(-c2[c-]cccc2)ncc1[Si](C)(C)C.CC(C)c1cc(-c2ccccc2)cc(C(C)C)c1-n1c(-c2[c-]sc3cc(-c4ccccc4)ccc23)nc2ccccc21.[Ir]. The molecule has 63 heavy (non-hydrogen) atoms. The number of fused-ring (bicyclic) bond motifs is 2. The predicted octanol–water partition coefficient (Wildman–Crippen LogP) is 15.6. The minimum atomic E-state index is -1.34. The molecule has 0 aliphatic rings. The van der Waals surface area contributed by atoms with Crippen molar-refractivity contribution >= 4 is 45.7 Å². The molecular weight excluding hydrogens is 979 g/mol. The first-order chi connectivity index (χ1) is 29.9. The van der Waals surface area contributed by atoms with Crippen LogP contribution < -0.4 is 5.19 Å². The number of hydrogen-bond donors (Lipinski definition) is 0. The van der Waals surface area contributed by atoms with Crippen LogP contribution in [-0.2, 0) is 26.5 Å². The Kier molecular flexibility index (Phi) is 14.3. The Balaban J connectivity index is 0.000000239. The maximum Gasteiger partial charge on any atom is 0.0798 e. The molecule has 0 aliphatic heterocycles. The number of imidazole rings is 1. The topological polar surface area (TPSA) is 30.7 Å². The molecule has 3 heterocycles. The van der Waals surface area contributed by atoms with E-state index in [0.29, 0.717) is 17.8 Å². The number of pyridine rings is 1. The van der Waals surface area contributed by atoms with E-state index in [1.165, 1.54) is 59.9 Å². The van der Waals surface area contributed by atoms with Gasteiger partial charge in [0.2, 0.25) is 0 Å². The number of rotatable bonds is 10. The second-order valence-corrected chi connectivity index (χ2v) is 24.3. The summed E-state index contributed by atoms with van der Waals surface area (Å²) < 4.78 is 3.63. The number of nitrogens with zero attached hydrogens (tertiary/aromatic N) is 3. The fraction of sp³-hybridized carbons (Fsp3) is 0.228. The normalized spacial score (nSPS) is 11.6. The van der Waals surface area contributed by atoms with Gasteiger partial charge in [-0.2, -0.15) is 0 Å². The van der Waals surface area contributed by atoms with Gasteiger partial charge in [0.25, 0.3) is 0 Å². The van der Waals surface area contributed by atoms with Gasteiger partial charge in [-0.1, -0.05) is 173 Å². The van der Waals surface area contributed by atoms with Gasteiger partial charge in [0, 0.05) is 32.0 Å². The second-order valence-electron chi connectivity index (χ2n) is 18.4. The van der Waals surface area contributed by atoms with Crippen molar-refractivity contribution in [2.24, 2.45) is 5.92 Å². The average Bonchev–Trinajstić information content (AvgIpc) is 3.87. The molecule has 0 atom stereocenters. The zero-order chi connectivity index (χ0) is 43.5. The van der Waals surface area contributed by atoms with Crippen molar-refractivity contribution in [1.29, 1.82) is 0 Å². The summed E-state index contributed by atoms with van der Waals surface area (Å²) in [6, 6.07) is 55.0. The smallest absolute Gasteiger partial charge is 0.0798 e. The van der Waals surface area contributed by atoms with Gasteiger partial charge in [-0.3, -0.25) is 16.3 Å². The van der Waals surface area contributed by atoms with Crippen LogP contribution >= 0.6 is 11.3 Å². The Morgan fingerprint density at radius 2 is 1.27 bits per heavy atom. The predicted molar refractivity (Wildman–Crippen MR) is 270 cm³/mol. The molecule has 0 spiro atoms. The molecule has 9 aromatic rings. The van der Waals surface area contributed by atoms with E-state index >= 15 is 0 Å². The summed E-state index contributed by atoms with van der Waals surface area (Å²) in [6.07, 6.45) is 3.24. The van der Waals surface area contributed by atoms with Crippen LogP contribution in [0.5, 0.6) is 0 Å². The molecule has 0 N–H and O–H groups in total. The molecule has 0 bridgehead atoms. The van der Waals surface area contributed by atoms with E-state index < -0.39 is 8.07 Å². The van der Waals surface area contributed by atoms with Crippen molar-refractivity contribution in [3.05, 3.63) is 180 Å². The van der Waals surface area contributed by atoms with E-state index in [0.717, 1.165) is 40.1 Å². The quantitative estimate of drug-likeness (QED) is 0.101. The Morgan fingerprint density at radius 3 is 1.87 bits per heavy atom. The number of para-hydroxylation sites is 2. The standard InChI is InChI=1S/C39H33N2S.C18H24NSi.Ir/c1-25(2)32-21-30(28-15-9-6-10-16-28)22-33(26(3)4)38(32)41-36-18-12-11-17-35(36)40-39(41)34-24-42-37-23-29(19-20-31(34)37)27-13-7-5-8-14-27;1-14(2)11-16-12-17(15-9-7-6-8-10-15)19-13-18(16)20(3,4)5;/h5-23,25-26H,1-4H3;6-9,12-14H,11H2,1-5H3;/q2*-1;. The van der Waals surface area contributed by atoms with Crippen LogP contribution in [0, 0.1) is 17.4 Å². The van der Waals surface area contributed by atoms with Crippen molar-refractivity contribution in [2.45, 2.75) is 79.4 Å². The van der Waals surface area contributed by atoms with Crippen LogP contribution in [-0.4, -0.2) is 22.6 Å². The molecule has 3 aromatic heterocycles. The Hall–Kier alpha value is -5.23. The summed E-state index contributed by atoms with van der Waals surface area (Å²) >= 11 is 1.67. The monoisotopic (exact) mass is 1040 g/mol. The maximum atomic E-state index is 5.28. The molecule has 3 nitrogen and oxygen atoms in total. The summed E-state index contributed by atoms with van der Waals surface area (Å²) in [7, 11) is -1.34. The molecule has 0 aliphatic carbocycles. The summed E-state index contributed by atoms with van der Waals surface area (Å²) in [5.41, 5.74) is 15.6. The van der Waals surface area contributed by atoms with Gasteiger partial charge < -0.3 is 9.55 Å². The number of thiophene rings is 1. The Bertz CT molecular complexity index is 2910. The zero-order valence-corrected chi connectivity index (χ0v) is 42.2. The first-order valence-electron chi connectivity index (χ1n) is 22.0. The fourth-order valence-electron chi connectivity index (χ4n) is 8.47. The third kappa shape index (κ3) is 9.96. The largest absolute Gasteiger partial charge is 0.333 e. The van der Waals surface area contributed by atoms with Crippen molar-refractivity contribution in [3.63, 3.8) is 0 Å². The van der Waals surface area contributed by atoms with Gasteiger partial charge in [-0.05, 0) is 92.7 Å². The van der Waals surface area contributed by atoms with Gasteiger partial charge >= 0.3 is 0 Å². The van der Waals surface area contributed by atoms with Crippen LogP contribution in [0.15, 0.2) is 152 Å². The Morgan fingerprint density at radius 1 is 0.651 bits per heavy atom. The van der Waals surface area contributed by atoms with Crippen LogP contribution in [0.4, 0.5) is 0 Å². The second kappa shape index (κ2) is 19.7. The van der Waals surface area contributed by atoms with E-state index in [9.17, 15) is 0 Å². The minimum Gasteiger partial charge on any atom is -0.333 e.